The van der Waals surface area contributed by atoms with Crippen LogP contribution in [0.5, 0.6) is 5.75 Å². The van der Waals surface area contributed by atoms with Crippen LogP contribution in [-0.4, -0.2) is 11.0 Å². The normalized spacial score (nSPS) is 10.9. The van der Waals surface area contributed by atoms with E-state index in [9.17, 15) is 9.90 Å². The average molecular weight is 389 g/mol. The van der Waals surface area contributed by atoms with E-state index in [1.54, 1.807) is 17.0 Å². The molecule has 0 bridgehead atoms. The molecule has 0 aliphatic heterocycles. The fourth-order valence-corrected chi connectivity index (χ4v) is 3.85. The molecule has 0 saturated heterocycles. The van der Waals surface area contributed by atoms with E-state index in [1.165, 1.54) is 0 Å². The molecule has 0 aliphatic rings. The predicted octanol–water partition coefficient (Wildman–Crippen LogP) is 6.68. The third-order valence-corrected chi connectivity index (χ3v) is 5.28. The van der Waals surface area contributed by atoms with E-state index >= 15 is 0 Å². The van der Waals surface area contributed by atoms with Crippen molar-refractivity contribution in [1.29, 1.82) is 0 Å². The Hall–Kier alpha value is -4.11. The summed E-state index contributed by atoms with van der Waals surface area (Å²) < 4.78 is 0. The topological polar surface area (TPSA) is 40.5 Å². The highest BCUT2D eigenvalue weighted by atomic mass is 16.3. The summed E-state index contributed by atoms with van der Waals surface area (Å²) in [7, 11) is 0. The number of carbonyl (C=O) groups excluding carboxylic acids is 1. The first-order valence-corrected chi connectivity index (χ1v) is 9.81. The smallest absolute Gasteiger partial charge is 0.262 e. The molecular weight excluding hydrogens is 370 g/mol. The molecule has 0 atom stereocenters. The fraction of sp³-hybridized carbons (Fsp3) is 0. The van der Waals surface area contributed by atoms with Gasteiger partial charge < -0.3 is 5.11 Å². The molecule has 5 aromatic carbocycles. The van der Waals surface area contributed by atoms with Gasteiger partial charge in [0.1, 0.15) is 5.75 Å². The lowest BCUT2D eigenvalue weighted by atomic mass is 10.0. The van der Waals surface area contributed by atoms with E-state index in [1.807, 2.05) is 97.1 Å². The van der Waals surface area contributed by atoms with Gasteiger partial charge >= 0.3 is 0 Å². The van der Waals surface area contributed by atoms with E-state index in [0.29, 0.717) is 11.3 Å². The van der Waals surface area contributed by atoms with E-state index in [4.69, 9.17) is 0 Å². The van der Waals surface area contributed by atoms with Gasteiger partial charge in [-0.25, -0.2) is 0 Å². The Morgan fingerprint density at radius 2 is 1.30 bits per heavy atom. The van der Waals surface area contributed by atoms with Gasteiger partial charge in [0.15, 0.2) is 0 Å². The summed E-state index contributed by atoms with van der Waals surface area (Å²) in [5.74, 6) is -0.0290. The van der Waals surface area contributed by atoms with Crippen molar-refractivity contribution in [3.63, 3.8) is 0 Å². The third-order valence-electron chi connectivity index (χ3n) is 5.28. The number of phenols is 1. The zero-order chi connectivity index (χ0) is 20.5. The minimum absolute atomic E-state index is 0.121. The van der Waals surface area contributed by atoms with Gasteiger partial charge in [0, 0.05) is 22.7 Å². The Kier molecular flexibility index (Phi) is 4.41. The number of hydrogen-bond acceptors (Lipinski definition) is 2. The second-order valence-electron chi connectivity index (χ2n) is 7.22. The van der Waals surface area contributed by atoms with Crippen LogP contribution in [-0.2, 0) is 0 Å². The van der Waals surface area contributed by atoms with Crippen molar-refractivity contribution in [1.82, 2.24) is 0 Å². The van der Waals surface area contributed by atoms with Crippen LogP contribution in [0.15, 0.2) is 109 Å². The molecule has 3 heteroatoms. The maximum Gasteiger partial charge on any atom is 0.262 e. The molecule has 0 aromatic heterocycles. The predicted molar refractivity (Wildman–Crippen MR) is 122 cm³/mol. The van der Waals surface area contributed by atoms with E-state index < -0.39 is 0 Å². The number of amides is 1. The Labute approximate surface area is 174 Å². The molecule has 3 nitrogen and oxygen atoms in total. The standard InChI is InChI=1S/C27H19NO2/c29-24-17-21-10-6-7-13-25(21)26(18-24)28(23-11-2-1-3-12-23)27(30)22-15-14-19-8-4-5-9-20(19)16-22/h1-18,29H. The van der Waals surface area contributed by atoms with Crippen molar-refractivity contribution in [3.05, 3.63) is 115 Å². The van der Waals surface area contributed by atoms with Crippen LogP contribution in [0.25, 0.3) is 21.5 Å². The minimum atomic E-state index is -0.150. The molecule has 5 rings (SSSR count). The number of nitrogens with zero attached hydrogens (tertiary/aromatic N) is 1. The van der Waals surface area contributed by atoms with E-state index in [2.05, 4.69) is 0 Å². The second kappa shape index (κ2) is 7.37. The first-order chi connectivity index (χ1) is 14.7. The Morgan fingerprint density at radius 1 is 0.633 bits per heavy atom. The lowest BCUT2D eigenvalue weighted by molar-refractivity contribution is 0.0999. The molecule has 0 radical (unpaired) electrons. The number of rotatable bonds is 3. The second-order valence-corrected chi connectivity index (χ2v) is 7.22. The molecule has 1 amide bonds. The van der Waals surface area contributed by atoms with Crippen LogP contribution in [0.3, 0.4) is 0 Å². The van der Waals surface area contributed by atoms with Crippen molar-refractivity contribution in [2.24, 2.45) is 0 Å². The quantitative estimate of drug-likeness (QED) is 0.374. The maximum atomic E-state index is 13.8. The molecule has 30 heavy (non-hydrogen) atoms. The first-order valence-electron chi connectivity index (χ1n) is 9.81. The maximum absolute atomic E-state index is 13.8. The van der Waals surface area contributed by atoms with Crippen molar-refractivity contribution < 1.29 is 9.90 Å². The van der Waals surface area contributed by atoms with Gasteiger partial charge in [-0.2, -0.15) is 0 Å². The molecule has 0 heterocycles. The summed E-state index contributed by atoms with van der Waals surface area (Å²) in [5, 5.41) is 14.2. The Morgan fingerprint density at radius 3 is 2.10 bits per heavy atom. The number of phenolic OH excluding ortho intramolecular Hbond substituents is 1. The SMILES string of the molecule is O=C(c1ccc2ccccc2c1)N(c1ccccc1)c1cc(O)cc2ccccc12. The number of para-hydroxylation sites is 1. The van der Waals surface area contributed by atoms with Crippen molar-refractivity contribution in [2.45, 2.75) is 0 Å². The molecule has 144 valence electrons. The van der Waals surface area contributed by atoms with Crippen molar-refractivity contribution in [2.75, 3.05) is 4.90 Å². The van der Waals surface area contributed by atoms with Gasteiger partial charge in [-0.15, -0.1) is 0 Å². The summed E-state index contributed by atoms with van der Waals surface area (Å²) in [4.78, 5) is 15.5. The first kappa shape index (κ1) is 18.0. The highest BCUT2D eigenvalue weighted by Gasteiger charge is 2.22. The molecule has 5 aromatic rings. The Balaban J connectivity index is 1.73. The average Bonchev–Trinajstić information content (AvgIpc) is 2.79. The van der Waals surface area contributed by atoms with Gasteiger partial charge in [0.25, 0.3) is 5.91 Å². The summed E-state index contributed by atoms with van der Waals surface area (Å²) in [6.45, 7) is 0. The largest absolute Gasteiger partial charge is 0.508 e. The number of fused-ring (bicyclic) bond motifs is 2. The van der Waals surface area contributed by atoms with Crippen molar-refractivity contribution in [3.8, 4) is 5.75 Å². The summed E-state index contributed by atoms with van der Waals surface area (Å²) in [6.07, 6.45) is 0. The van der Waals surface area contributed by atoms with Crippen LogP contribution in [0.2, 0.25) is 0 Å². The van der Waals surface area contributed by atoms with Crippen LogP contribution >= 0.6 is 0 Å². The zero-order valence-electron chi connectivity index (χ0n) is 16.2. The molecule has 0 unspecified atom stereocenters. The highest BCUT2D eigenvalue weighted by Crippen LogP contribution is 2.37. The van der Waals surface area contributed by atoms with E-state index in [0.717, 1.165) is 27.2 Å². The van der Waals surface area contributed by atoms with Crippen LogP contribution in [0, 0.1) is 0 Å². The zero-order valence-corrected chi connectivity index (χ0v) is 16.2. The number of hydrogen-bond donors (Lipinski definition) is 1. The van der Waals surface area contributed by atoms with Gasteiger partial charge in [-0.05, 0) is 46.5 Å². The van der Waals surface area contributed by atoms with Gasteiger partial charge in [0.2, 0.25) is 0 Å². The number of benzene rings is 5. The monoisotopic (exact) mass is 389 g/mol. The van der Waals surface area contributed by atoms with Crippen LogP contribution in [0.1, 0.15) is 10.4 Å². The van der Waals surface area contributed by atoms with Crippen LogP contribution < -0.4 is 4.90 Å². The van der Waals surface area contributed by atoms with Gasteiger partial charge in [-0.3, -0.25) is 9.69 Å². The van der Waals surface area contributed by atoms with Crippen molar-refractivity contribution >= 4 is 38.8 Å². The number of anilines is 2. The summed E-state index contributed by atoms with van der Waals surface area (Å²) >= 11 is 0. The molecule has 0 spiro atoms. The minimum Gasteiger partial charge on any atom is -0.508 e. The van der Waals surface area contributed by atoms with Gasteiger partial charge in [-0.1, -0.05) is 72.8 Å². The molecular formula is C27H19NO2. The lowest BCUT2D eigenvalue weighted by Gasteiger charge is -2.25. The molecule has 0 saturated carbocycles. The van der Waals surface area contributed by atoms with E-state index in [-0.39, 0.29) is 11.7 Å². The lowest BCUT2D eigenvalue weighted by Crippen LogP contribution is -2.26. The fourth-order valence-electron chi connectivity index (χ4n) is 3.85. The summed E-state index contributed by atoms with van der Waals surface area (Å²) in [6, 6.07) is 34.4. The highest BCUT2D eigenvalue weighted by molar-refractivity contribution is 6.16. The van der Waals surface area contributed by atoms with Crippen LogP contribution in [0.4, 0.5) is 11.4 Å². The number of aromatic hydroxyl groups is 1. The Bertz CT molecular complexity index is 1380. The van der Waals surface area contributed by atoms with Gasteiger partial charge in [0.05, 0.1) is 5.69 Å². The molecule has 0 aliphatic carbocycles. The third kappa shape index (κ3) is 3.16. The molecule has 1 N–H and O–H groups in total. The molecule has 0 fully saturated rings. The summed E-state index contributed by atoms with van der Waals surface area (Å²) in [5.41, 5.74) is 1.98. The number of carbonyl (C=O) groups is 1.